The lowest BCUT2D eigenvalue weighted by Gasteiger charge is -2.29. The number of rotatable bonds is 6. The van der Waals surface area contributed by atoms with Gasteiger partial charge in [-0.3, -0.25) is 29.0 Å². The van der Waals surface area contributed by atoms with Crippen molar-refractivity contribution in [2.45, 2.75) is 71.1 Å². The maximum absolute atomic E-state index is 13.6. The van der Waals surface area contributed by atoms with Gasteiger partial charge in [0.25, 0.3) is 5.91 Å². The highest BCUT2D eigenvalue weighted by atomic mass is 16.2. The van der Waals surface area contributed by atoms with E-state index in [2.05, 4.69) is 26.3 Å². The van der Waals surface area contributed by atoms with Gasteiger partial charge in [-0.15, -0.1) is 0 Å². The molecule has 41 heavy (non-hydrogen) atoms. The first-order valence-corrected chi connectivity index (χ1v) is 14.0. The molecule has 1 aliphatic rings. The summed E-state index contributed by atoms with van der Waals surface area (Å²) in [6.07, 6.45) is 3.97. The van der Waals surface area contributed by atoms with Crippen LogP contribution in [0, 0.1) is 5.92 Å². The molecule has 11 nitrogen and oxygen atoms in total. The van der Waals surface area contributed by atoms with Crippen LogP contribution in [0.15, 0.2) is 54.9 Å². The van der Waals surface area contributed by atoms with E-state index in [0.29, 0.717) is 12.8 Å². The predicted octanol–water partition coefficient (Wildman–Crippen LogP) is 1.20. The fourth-order valence-corrected chi connectivity index (χ4v) is 4.59. The van der Waals surface area contributed by atoms with E-state index < -0.39 is 53.7 Å². The van der Waals surface area contributed by atoms with Gasteiger partial charge in [-0.25, -0.2) is 0 Å². The summed E-state index contributed by atoms with van der Waals surface area (Å²) in [4.78, 5) is 71.8. The van der Waals surface area contributed by atoms with Crippen LogP contribution in [0.2, 0.25) is 0 Å². The molecule has 2 aromatic rings. The van der Waals surface area contributed by atoms with E-state index in [1.54, 1.807) is 18.3 Å². The molecule has 0 unspecified atom stereocenters. The number of amides is 5. The van der Waals surface area contributed by atoms with E-state index in [0.717, 1.165) is 5.56 Å². The second-order valence-corrected chi connectivity index (χ2v) is 10.8. The molecule has 5 amide bonds. The van der Waals surface area contributed by atoms with Crippen molar-refractivity contribution in [3.8, 4) is 0 Å². The lowest BCUT2D eigenvalue weighted by atomic mass is 10.0. The molecule has 1 aromatic carbocycles. The van der Waals surface area contributed by atoms with E-state index in [9.17, 15) is 24.0 Å². The Morgan fingerprint density at radius 3 is 2.24 bits per heavy atom. The molecule has 4 atom stereocenters. The zero-order valence-corrected chi connectivity index (χ0v) is 24.1. The summed E-state index contributed by atoms with van der Waals surface area (Å²) >= 11 is 0. The Kier molecular flexibility index (Phi) is 11.4. The second kappa shape index (κ2) is 14.9. The average molecular weight is 565 g/mol. The monoisotopic (exact) mass is 564 g/mol. The third-order valence-electron chi connectivity index (χ3n) is 6.84. The smallest absolute Gasteiger partial charge is 0.255 e. The van der Waals surface area contributed by atoms with Crippen LogP contribution in [-0.2, 0) is 25.6 Å². The number of aromatic nitrogens is 1. The van der Waals surface area contributed by atoms with E-state index in [1.807, 2.05) is 51.1 Å². The summed E-state index contributed by atoms with van der Waals surface area (Å²) in [5.74, 6) is -2.38. The quantitative estimate of drug-likeness (QED) is 0.414. The number of pyridine rings is 1. The Labute approximate surface area is 240 Å². The van der Waals surface area contributed by atoms with E-state index in [-0.39, 0.29) is 31.0 Å². The fourth-order valence-electron chi connectivity index (χ4n) is 4.59. The Morgan fingerprint density at radius 1 is 0.927 bits per heavy atom. The molecule has 1 aliphatic heterocycles. The predicted molar refractivity (Wildman–Crippen MR) is 153 cm³/mol. The molecule has 0 radical (unpaired) electrons. The third-order valence-corrected chi connectivity index (χ3v) is 6.84. The Balaban J connectivity index is 1.97. The van der Waals surface area contributed by atoms with Crippen LogP contribution in [0.3, 0.4) is 0 Å². The maximum atomic E-state index is 13.6. The lowest BCUT2D eigenvalue weighted by Crippen LogP contribution is -2.57. The van der Waals surface area contributed by atoms with Gasteiger partial charge in [-0.2, -0.15) is 0 Å². The first-order valence-electron chi connectivity index (χ1n) is 14.0. The van der Waals surface area contributed by atoms with Gasteiger partial charge in [0.05, 0.1) is 12.1 Å². The molecule has 1 aromatic heterocycles. The molecule has 3 rings (SSSR count). The Morgan fingerprint density at radius 2 is 1.61 bits per heavy atom. The van der Waals surface area contributed by atoms with Crippen LogP contribution in [0.1, 0.15) is 56.5 Å². The molecular formula is C30H40N6O5. The zero-order valence-electron chi connectivity index (χ0n) is 24.1. The van der Waals surface area contributed by atoms with Gasteiger partial charge in [0.15, 0.2) is 0 Å². The van der Waals surface area contributed by atoms with Crippen LogP contribution in [-0.4, -0.2) is 76.7 Å². The van der Waals surface area contributed by atoms with Crippen molar-refractivity contribution in [2.24, 2.45) is 5.92 Å². The van der Waals surface area contributed by atoms with Crippen molar-refractivity contribution in [1.29, 1.82) is 0 Å². The molecule has 1 fully saturated rings. The number of hydrogen-bond acceptors (Lipinski definition) is 6. The van der Waals surface area contributed by atoms with E-state index >= 15 is 0 Å². The molecule has 0 aliphatic carbocycles. The van der Waals surface area contributed by atoms with Crippen LogP contribution in [0.4, 0.5) is 0 Å². The highest BCUT2D eigenvalue weighted by molar-refractivity contribution is 5.98. The van der Waals surface area contributed by atoms with E-state index in [1.165, 1.54) is 18.0 Å². The van der Waals surface area contributed by atoms with Crippen LogP contribution in [0.5, 0.6) is 0 Å². The Hall–Kier alpha value is -4.28. The van der Waals surface area contributed by atoms with Gasteiger partial charge in [0.2, 0.25) is 23.6 Å². The number of benzene rings is 1. The normalized spacial score (nSPS) is 23.0. The number of hydrogen-bond donors (Lipinski definition) is 4. The number of carbonyl (C=O) groups excluding carboxylic acids is 5. The maximum Gasteiger partial charge on any atom is 0.255 e. The molecule has 0 bridgehead atoms. The first kappa shape index (κ1) is 31.3. The summed E-state index contributed by atoms with van der Waals surface area (Å²) in [7, 11) is 0. The minimum Gasteiger partial charge on any atom is -0.350 e. The first-order chi connectivity index (χ1) is 19.6. The fraction of sp³-hybridized carbons (Fsp3) is 0.467. The minimum absolute atomic E-state index is 0.0337. The second-order valence-electron chi connectivity index (χ2n) is 10.8. The summed E-state index contributed by atoms with van der Waals surface area (Å²) in [5, 5.41) is 11.2. The molecule has 220 valence electrons. The van der Waals surface area contributed by atoms with Gasteiger partial charge < -0.3 is 26.2 Å². The number of nitrogens with zero attached hydrogens (tertiary/aromatic N) is 2. The largest absolute Gasteiger partial charge is 0.350 e. The molecule has 0 saturated carbocycles. The highest BCUT2D eigenvalue weighted by Gasteiger charge is 2.32. The van der Waals surface area contributed by atoms with Crippen LogP contribution in [0.25, 0.3) is 0 Å². The molecule has 1 saturated heterocycles. The van der Waals surface area contributed by atoms with Gasteiger partial charge >= 0.3 is 0 Å². The van der Waals surface area contributed by atoms with Crippen molar-refractivity contribution in [1.82, 2.24) is 31.2 Å². The minimum atomic E-state index is -0.965. The van der Waals surface area contributed by atoms with Crippen LogP contribution < -0.4 is 21.3 Å². The molecule has 2 heterocycles. The molecule has 11 heteroatoms. The summed E-state index contributed by atoms with van der Waals surface area (Å²) in [6, 6.07) is 9.20. The number of carbonyl (C=O) groups is 5. The van der Waals surface area contributed by atoms with Gasteiger partial charge in [-0.05, 0) is 43.4 Å². The van der Waals surface area contributed by atoms with Crippen molar-refractivity contribution < 1.29 is 24.0 Å². The topological polar surface area (TPSA) is 150 Å². The SMILES string of the molecule is CC[C@H]1CN(C(=O)c2cccnc2)CC(=O)N[C@H](C)C(=O)N[C@@H](CC(C)C)C(=O)N[C@@H](Cc2ccccc2)C(=O)N1. The van der Waals surface area contributed by atoms with Gasteiger partial charge in [0, 0.05) is 31.4 Å². The lowest BCUT2D eigenvalue weighted by molar-refractivity contribution is -0.133. The highest BCUT2D eigenvalue weighted by Crippen LogP contribution is 2.11. The Bertz CT molecular complexity index is 1210. The summed E-state index contributed by atoms with van der Waals surface area (Å²) in [6.45, 7) is 6.92. The van der Waals surface area contributed by atoms with Crippen molar-refractivity contribution in [3.63, 3.8) is 0 Å². The summed E-state index contributed by atoms with van der Waals surface area (Å²) in [5.41, 5.74) is 1.14. The van der Waals surface area contributed by atoms with Crippen molar-refractivity contribution in [3.05, 3.63) is 66.0 Å². The molecular weight excluding hydrogens is 524 g/mol. The molecule has 4 N–H and O–H groups in total. The molecule has 0 spiro atoms. The standard InChI is InChI=1S/C30H40N6O5/c1-5-23-17-36(30(41)22-12-9-13-31-16-22)18-26(37)32-20(4)27(38)34-24(14-19(2)3)29(40)35-25(28(39)33-23)15-21-10-7-6-8-11-21/h6-13,16,19-20,23-25H,5,14-15,17-18H2,1-4H3,(H,32,37)(H,33,39)(H,34,38)(H,35,40)/t20-,23+,24+,25+/m1/s1. The summed E-state index contributed by atoms with van der Waals surface area (Å²) < 4.78 is 0. The average Bonchev–Trinajstić information content (AvgIpc) is 2.95. The van der Waals surface area contributed by atoms with Gasteiger partial charge in [-0.1, -0.05) is 51.1 Å². The van der Waals surface area contributed by atoms with Gasteiger partial charge in [0.1, 0.15) is 18.1 Å². The number of nitrogens with one attached hydrogen (secondary N) is 4. The van der Waals surface area contributed by atoms with Crippen molar-refractivity contribution >= 4 is 29.5 Å². The third kappa shape index (κ3) is 9.40. The van der Waals surface area contributed by atoms with Crippen molar-refractivity contribution in [2.75, 3.05) is 13.1 Å². The van der Waals surface area contributed by atoms with E-state index in [4.69, 9.17) is 0 Å². The zero-order chi connectivity index (χ0) is 29.9. The van der Waals surface area contributed by atoms with Crippen LogP contribution >= 0.6 is 0 Å².